The monoisotopic (exact) mass is 551 g/mol. The fourth-order valence-electron chi connectivity index (χ4n) is 3.56. The van der Waals surface area contributed by atoms with E-state index in [0.29, 0.717) is 22.1 Å². The van der Waals surface area contributed by atoms with Gasteiger partial charge in [-0.3, -0.25) is 14.9 Å². The molecule has 4 rings (SSSR count). The van der Waals surface area contributed by atoms with Crippen molar-refractivity contribution in [2.45, 2.75) is 23.7 Å². The summed E-state index contributed by atoms with van der Waals surface area (Å²) in [5.74, 6) is -0.701. The lowest BCUT2D eigenvalue weighted by atomic mass is 10.1. The van der Waals surface area contributed by atoms with Crippen LogP contribution in [0.5, 0.6) is 5.75 Å². The van der Waals surface area contributed by atoms with Crippen LogP contribution >= 0.6 is 22.9 Å². The van der Waals surface area contributed by atoms with Gasteiger partial charge in [-0.15, -0.1) is 11.3 Å². The molecule has 0 fully saturated rings. The van der Waals surface area contributed by atoms with Gasteiger partial charge in [0.25, 0.3) is 5.91 Å². The van der Waals surface area contributed by atoms with Gasteiger partial charge < -0.3 is 19.5 Å². The highest BCUT2D eigenvalue weighted by atomic mass is 35.5. The zero-order valence-electron chi connectivity index (χ0n) is 19.2. The van der Waals surface area contributed by atoms with E-state index in [2.05, 4.69) is 15.6 Å². The van der Waals surface area contributed by atoms with Crippen LogP contribution in [0.15, 0.2) is 46.7 Å². The molecule has 1 aliphatic rings. The van der Waals surface area contributed by atoms with E-state index in [0.717, 1.165) is 0 Å². The summed E-state index contributed by atoms with van der Waals surface area (Å²) < 4.78 is 42.6. The summed E-state index contributed by atoms with van der Waals surface area (Å²) in [5.41, 5.74) is 0.211. The van der Waals surface area contributed by atoms with Gasteiger partial charge >= 0.3 is 5.97 Å². The Hall–Kier alpha value is -3.19. The first-order valence-corrected chi connectivity index (χ1v) is 13.5. The smallest absolute Gasteiger partial charge is 0.311 e. The van der Waals surface area contributed by atoms with Crippen molar-refractivity contribution in [2.24, 2.45) is 0 Å². The van der Waals surface area contributed by atoms with Gasteiger partial charge in [0.05, 0.1) is 25.8 Å². The predicted molar refractivity (Wildman–Crippen MR) is 134 cm³/mol. The van der Waals surface area contributed by atoms with E-state index < -0.39 is 27.1 Å². The van der Waals surface area contributed by atoms with Gasteiger partial charge in [0.1, 0.15) is 17.4 Å². The van der Waals surface area contributed by atoms with Crippen molar-refractivity contribution in [3.05, 3.63) is 63.6 Å². The molecule has 0 aliphatic carbocycles. The minimum atomic E-state index is -4.05. The van der Waals surface area contributed by atoms with Gasteiger partial charge in [0.2, 0.25) is 9.84 Å². The number of nitrogens with one attached hydrogen (secondary N) is 2. The second-order valence-corrected chi connectivity index (χ2v) is 10.8. The lowest BCUT2D eigenvalue weighted by Gasteiger charge is -2.27. The molecule has 0 saturated carbocycles. The van der Waals surface area contributed by atoms with Crippen LogP contribution in [-0.4, -0.2) is 45.7 Å². The molecule has 0 saturated heterocycles. The number of carbonyl (C=O) groups excluding carboxylic acids is 2. The molecule has 3 aromatic rings. The number of esters is 1. The van der Waals surface area contributed by atoms with E-state index in [-0.39, 0.29) is 41.0 Å². The summed E-state index contributed by atoms with van der Waals surface area (Å²) in [7, 11) is -2.68. The van der Waals surface area contributed by atoms with E-state index >= 15 is 0 Å². The third kappa shape index (κ3) is 5.46. The molecule has 190 valence electrons. The third-order valence-corrected chi connectivity index (χ3v) is 8.11. The van der Waals surface area contributed by atoms with Gasteiger partial charge in [-0.05, 0) is 37.3 Å². The number of carbonyl (C=O) groups is 2. The number of fused-ring (bicyclic) bond motifs is 1. The number of hydrogen-bond acceptors (Lipinski definition) is 10. The molecule has 36 heavy (non-hydrogen) atoms. The first-order chi connectivity index (χ1) is 17.2. The van der Waals surface area contributed by atoms with E-state index in [1.165, 1.54) is 54.8 Å². The quantitative estimate of drug-likeness (QED) is 0.398. The minimum Gasteiger partial charge on any atom is -0.495 e. The molecule has 1 unspecified atom stereocenters. The summed E-state index contributed by atoms with van der Waals surface area (Å²) in [5, 5.41) is 7.88. The van der Waals surface area contributed by atoms with Crippen LogP contribution in [0.25, 0.3) is 0 Å². The van der Waals surface area contributed by atoms with Crippen LogP contribution in [0.3, 0.4) is 0 Å². The number of rotatable bonds is 8. The Kier molecular flexibility index (Phi) is 7.79. The second-order valence-electron chi connectivity index (χ2n) is 7.54. The van der Waals surface area contributed by atoms with Crippen molar-refractivity contribution in [2.75, 3.05) is 31.1 Å². The number of nitrogens with zero attached hydrogens (tertiary/aromatic N) is 1. The van der Waals surface area contributed by atoms with Crippen LogP contribution in [0.1, 0.15) is 34.0 Å². The average molecular weight is 552 g/mol. The third-order valence-electron chi connectivity index (χ3n) is 5.18. The molecule has 1 atom stereocenters. The fraction of sp³-hybridized carbons (Fsp3) is 0.261. The predicted octanol–water partition coefficient (Wildman–Crippen LogP) is 4.04. The maximum Gasteiger partial charge on any atom is 0.311 e. The Balaban J connectivity index is 1.55. The van der Waals surface area contributed by atoms with Gasteiger partial charge in [-0.2, -0.15) is 0 Å². The molecule has 0 radical (unpaired) electrons. The van der Waals surface area contributed by atoms with Crippen molar-refractivity contribution >= 4 is 55.5 Å². The lowest BCUT2D eigenvalue weighted by molar-refractivity contribution is -0.142. The van der Waals surface area contributed by atoms with Crippen LogP contribution < -0.4 is 15.4 Å². The molecular formula is C23H22ClN3O7S2. The number of anilines is 2. The highest BCUT2D eigenvalue weighted by molar-refractivity contribution is 7.91. The summed E-state index contributed by atoms with van der Waals surface area (Å²) in [6, 6.07) is 8.87. The number of thiazole rings is 1. The van der Waals surface area contributed by atoms with E-state index in [1.54, 1.807) is 12.3 Å². The Morgan fingerprint density at radius 3 is 2.83 bits per heavy atom. The maximum atomic E-state index is 13.5. The number of aromatic nitrogens is 1. The summed E-state index contributed by atoms with van der Waals surface area (Å²) in [4.78, 5) is 28.6. The first-order valence-electron chi connectivity index (χ1n) is 10.7. The van der Waals surface area contributed by atoms with Crippen LogP contribution in [0.4, 0.5) is 10.8 Å². The molecule has 2 aromatic carbocycles. The number of halogens is 1. The SMILES string of the molecule is CCOC(=O)Cc1csc(NC(=O)c2ccc3c(c2)NCOC3S(=O)(=O)c2cc(Cl)ccc2OC)n1. The average Bonchev–Trinajstić information content (AvgIpc) is 3.29. The van der Waals surface area contributed by atoms with Gasteiger partial charge in [0, 0.05) is 27.2 Å². The molecule has 10 nitrogen and oxygen atoms in total. The maximum absolute atomic E-state index is 13.5. The van der Waals surface area contributed by atoms with Crippen molar-refractivity contribution in [3.63, 3.8) is 0 Å². The minimum absolute atomic E-state index is 0.0102. The Morgan fingerprint density at radius 2 is 2.08 bits per heavy atom. The number of benzene rings is 2. The van der Waals surface area contributed by atoms with Crippen LogP contribution in [0, 0.1) is 0 Å². The zero-order valence-corrected chi connectivity index (χ0v) is 21.6. The van der Waals surface area contributed by atoms with Gasteiger partial charge in [-0.25, -0.2) is 13.4 Å². The van der Waals surface area contributed by atoms with Gasteiger partial charge in [-0.1, -0.05) is 17.7 Å². The zero-order chi connectivity index (χ0) is 25.9. The number of ether oxygens (including phenoxy) is 3. The summed E-state index contributed by atoms with van der Waals surface area (Å²) in [6.45, 7) is 1.91. The van der Waals surface area contributed by atoms with E-state index in [9.17, 15) is 18.0 Å². The standard InChI is InChI=1S/C23H22ClN3O7S2/c1-3-33-20(28)10-15-11-35-23(26-15)27-21(29)13-4-6-16-17(8-13)25-12-34-22(16)36(30,31)19-9-14(24)5-7-18(19)32-2/h4-9,11,22,25H,3,10,12H2,1-2H3,(H,26,27,29). The topological polar surface area (TPSA) is 133 Å². The van der Waals surface area contributed by atoms with Crippen molar-refractivity contribution in [1.29, 1.82) is 0 Å². The van der Waals surface area contributed by atoms with E-state index in [4.69, 9.17) is 25.8 Å². The molecule has 1 aromatic heterocycles. The Morgan fingerprint density at radius 1 is 1.28 bits per heavy atom. The molecule has 2 heterocycles. The van der Waals surface area contributed by atoms with E-state index in [1.807, 2.05) is 0 Å². The summed E-state index contributed by atoms with van der Waals surface area (Å²) in [6.07, 6.45) is 0.0102. The molecule has 1 amide bonds. The highest BCUT2D eigenvalue weighted by Crippen LogP contribution is 2.41. The van der Waals surface area contributed by atoms with Crippen molar-refractivity contribution < 1.29 is 32.2 Å². The molecular weight excluding hydrogens is 530 g/mol. The Labute approximate surface area is 216 Å². The number of methoxy groups -OCH3 is 1. The lowest BCUT2D eigenvalue weighted by Crippen LogP contribution is -2.26. The van der Waals surface area contributed by atoms with Gasteiger partial charge in [0.15, 0.2) is 10.6 Å². The molecule has 2 N–H and O–H groups in total. The molecule has 13 heteroatoms. The van der Waals surface area contributed by atoms with Crippen LogP contribution in [0.2, 0.25) is 5.02 Å². The Bertz CT molecular complexity index is 1410. The van der Waals surface area contributed by atoms with Crippen molar-refractivity contribution in [3.8, 4) is 5.75 Å². The molecule has 0 bridgehead atoms. The molecule has 1 aliphatic heterocycles. The first kappa shape index (κ1) is 25.9. The van der Waals surface area contributed by atoms with Crippen LogP contribution in [-0.2, 0) is 30.5 Å². The van der Waals surface area contributed by atoms with Crippen molar-refractivity contribution in [1.82, 2.24) is 4.98 Å². The fourth-order valence-corrected chi connectivity index (χ4v) is 6.24. The highest BCUT2D eigenvalue weighted by Gasteiger charge is 2.36. The largest absolute Gasteiger partial charge is 0.495 e. The normalized spacial score (nSPS) is 14.9. The number of hydrogen-bond donors (Lipinski definition) is 2. The number of amides is 1. The summed E-state index contributed by atoms with van der Waals surface area (Å²) >= 11 is 7.22. The second kappa shape index (κ2) is 10.8. The number of sulfone groups is 1. The molecule has 0 spiro atoms.